The molecule has 4 atom stereocenters. The fourth-order valence-electron chi connectivity index (χ4n) is 2.74. The van der Waals surface area contributed by atoms with E-state index < -0.39 is 16.4 Å². The van der Waals surface area contributed by atoms with Gasteiger partial charge in [0.2, 0.25) is 0 Å². The van der Waals surface area contributed by atoms with E-state index in [0.29, 0.717) is 12.3 Å². The van der Waals surface area contributed by atoms with Gasteiger partial charge in [0, 0.05) is 4.90 Å². The minimum Gasteiger partial charge on any atom is -0.389 e. The van der Waals surface area contributed by atoms with Crippen LogP contribution in [0.25, 0.3) is 0 Å². The Bertz CT molecular complexity index is 479. The quantitative estimate of drug-likeness (QED) is 0.861. The smallest absolute Gasteiger partial charge is 0.0766 e. The van der Waals surface area contributed by atoms with Crippen molar-refractivity contribution in [3.8, 4) is 0 Å². The summed E-state index contributed by atoms with van der Waals surface area (Å²) in [6, 6.07) is 9.44. The summed E-state index contributed by atoms with van der Waals surface area (Å²) in [7, 11) is -1.17. The summed E-state index contributed by atoms with van der Waals surface area (Å²) in [6.45, 7) is 7.85. The molecule has 1 N–H and O–H groups in total. The van der Waals surface area contributed by atoms with Gasteiger partial charge in [-0.05, 0) is 51.2 Å². The summed E-state index contributed by atoms with van der Waals surface area (Å²) in [5, 5.41) is 10.3. The zero-order chi connectivity index (χ0) is 14.0. The molecule has 0 heterocycles. The highest BCUT2D eigenvalue weighted by molar-refractivity contribution is 7.85. The molecule has 2 nitrogen and oxygen atoms in total. The first kappa shape index (κ1) is 14.5. The van der Waals surface area contributed by atoms with Gasteiger partial charge in [-0.25, -0.2) is 0 Å². The molecular formula is C16H22O2S. The summed E-state index contributed by atoms with van der Waals surface area (Å²) in [5.74, 6) is 0.373. The van der Waals surface area contributed by atoms with E-state index in [2.05, 4.69) is 6.58 Å². The van der Waals surface area contributed by atoms with E-state index in [9.17, 15) is 9.32 Å². The Kier molecular flexibility index (Phi) is 4.26. The van der Waals surface area contributed by atoms with Crippen molar-refractivity contribution in [1.29, 1.82) is 0 Å². The van der Waals surface area contributed by atoms with Gasteiger partial charge in [-0.15, -0.1) is 0 Å². The molecule has 0 bridgehead atoms. The van der Waals surface area contributed by atoms with Crippen molar-refractivity contribution in [2.75, 3.05) is 0 Å². The van der Waals surface area contributed by atoms with Crippen LogP contribution in [0.2, 0.25) is 0 Å². The second kappa shape index (κ2) is 5.59. The highest BCUT2D eigenvalue weighted by atomic mass is 32.2. The summed E-state index contributed by atoms with van der Waals surface area (Å²) in [4.78, 5) is 0.801. The van der Waals surface area contributed by atoms with Crippen molar-refractivity contribution < 1.29 is 9.32 Å². The van der Waals surface area contributed by atoms with Crippen LogP contribution in [-0.2, 0) is 10.8 Å². The second-order valence-electron chi connectivity index (χ2n) is 5.77. The summed E-state index contributed by atoms with van der Waals surface area (Å²) < 4.78 is 12.7. The zero-order valence-corrected chi connectivity index (χ0v) is 12.5. The third-order valence-corrected chi connectivity index (χ3v) is 6.08. The molecule has 104 valence electrons. The van der Waals surface area contributed by atoms with Crippen LogP contribution in [0.3, 0.4) is 0 Å². The maximum atomic E-state index is 12.7. The molecule has 1 aromatic carbocycles. The number of benzene rings is 1. The summed E-state index contributed by atoms with van der Waals surface area (Å²) in [6.07, 6.45) is 2.38. The SMILES string of the molecule is C=C(C)C1CCC(C)(O)C(S(=O)c2ccccc2)C1. The van der Waals surface area contributed by atoms with Crippen LogP contribution in [-0.4, -0.2) is 20.2 Å². The van der Waals surface area contributed by atoms with Gasteiger partial charge >= 0.3 is 0 Å². The summed E-state index contributed by atoms with van der Waals surface area (Å²) in [5.41, 5.74) is 0.276. The van der Waals surface area contributed by atoms with Crippen LogP contribution >= 0.6 is 0 Å². The Morgan fingerprint density at radius 3 is 2.63 bits per heavy atom. The molecule has 3 heteroatoms. The average molecular weight is 278 g/mol. The fourth-order valence-corrected chi connectivity index (χ4v) is 4.48. The zero-order valence-electron chi connectivity index (χ0n) is 11.6. The van der Waals surface area contributed by atoms with E-state index in [0.717, 1.165) is 23.3 Å². The molecule has 0 aromatic heterocycles. The topological polar surface area (TPSA) is 37.3 Å². The third kappa shape index (κ3) is 3.15. The molecule has 1 aliphatic rings. The lowest BCUT2D eigenvalue weighted by Gasteiger charge is -2.40. The minimum atomic E-state index is -1.17. The van der Waals surface area contributed by atoms with Crippen LogP contribution in [0.1, 0.15) is 33.1 Å². The molecular weight excluding hydrogens is 256 g/mol. The molecule has 19 heavy (non-hydrogen) atoms. The van der Waals surface area contributed by atoms with E-state index in [1.54, 1.807) is 0 Å². The van der Waals surface area contributed by atoms with Crippen LogP contribution in [0.5, 0.6) is 0 Å². The molecule has 0 aliphatic heterocycles. The highest BCUT2D eigenvalue weighted by Gasteiger charge is 2.42. The molecule has 0 spiro atoms. The largest absolute Gasteiger partial charge is 0.389 e. The molecule has 1 aromatic rings. The maximum Gasteiger partial charge on any atom is 0.0766 e. The van der Waals surface area contributed by atoms with Crippen molar-refractivity contribution in [1.82, 2.24) is 0 Å². The van der Waals surface area contributed by atoms with E-state index in [4.69, 9.17) is 0 Å². The first-order valence-electron chi connectivity index (χ1n) is 6.75. The number of aliphatic hydroxyl groups is 1. The Morgan fingerprint density at radius 2 is 2.05 bits per heavy atom. The van der Waals surface area contributed by atoms with Crippen molar-refractivity contribution in [3.05, 3.63) is 42.5 Å². The van der Waals surface area contributed by atoms with E-state index in [1.807, 2.05) is 44.2 Å². The van der Waals surface area contributed by atoms with E-state index >= 15 is 0 Å². The van der Waals surface area contributed by atoms with Crippen molar-refractivity contribution in [2.45, 2.75) is 48.9 Å². The molecule has 4 unspecified atom stereocenters. The normalized spacial score (nSPS) is 32.8. The lowest BCUT2D eigenvalue weighted by molar-refractivity contribution is 0.0180. The van der Waals surface area contributed by atoms with Gasteiger partial charge < -0.3 is 5.11 Å². The van der Waals surface area contributed by atoms with Gasteiger partial charge in [-0.3, -0.25) is 4.21 Å². The van der Waals surface area contributed by atoms with Gasteiger partial charge in [-0.1, -0.05) is 30.4 Å². The van der Waals surface area contributed by atoms with Gasteiger partial charge in [0.15, 0.2) is 0 Å². The lowest BCUT2D eigenvalue weighted by atomic mass is 9.77. The van der Waals surface area contributed by atoms with Crippen LogP contribution in [0.4, 0.5) is 0 Å². The first-order valence-corrected chi connectivity index (χ1v) is 7.96. The molecule has 0 radical (unpaired) electrons. The fraction of sp³-hybridized carbons (Fsp3) is 0.500. The number of rotatable bonds is 3. The lowest BCUT2D eigenvalue weighted by Crippen LogP contribution is -2.47. The van der Waals surface area contributed by atoms with E-state index in [1.165, 1.54) is 0 Å². The van der Waals surface area contributed by atoms with Crippen LogP contribution in [0, 0.1) is 5.92 Å². The Balaban J connectivity index is 2.24. The average Bonchev–Trinajstić information content (AvgIpc) is 2.38. The highest BCUT2D eigenvalue weighted by Crippen LogP contribution is 2.39. The van der Waals surface area contributed by atoms with E-state index in [-0.39, 0.29) is 5.25 Å². The molecule has 1 saturated carbocycles. The minimum absolute atomic E-state index is 0.217. The summed E-state index contributed by atoms with van der Waals surface area (Å²) >= 11 is 0. The van der Waals surface area contributed by atoms with Gasteiger partial charge in [-0.2, -0.15) is 0 Å². The number of hydrogen-bond acceptors (Lipinski definition) is 2. The Morgan fingerprint density at radius 1 is 1.42 bits per heavy atom. The molecule has 0 saturated heterocycles. The van der Waals surface area contributed by atoms with Crippen LogP contribution < -0.4 is 0 Å². The van der Waals surface area contributed by atoms with Crippen molar-refractivity contribution >= 4 is 10.8 Å². The van der Waals surface area contributed by atoms with Crippen molar-refractivity contribution in [3.63, 3.8) is 0 Å². The molecule has 0 amide bonds. The van der Waals surface area contributed by atoms with Crippen LogP contribution in [0.15, 0.2) is 47.4 Å². The number of allylic oxidation sites excluding steroid dienone is 1. The molecule has 1 aliphatic carbocycles. The van der Waals surface area contributed by atoms with Gasteiger partial charge in [0.1, 0.15) is 0 Å². The maximum absolute atomic E-state index is 12.7. The third-order valence-electron chi connectivity index (χ3n) is 4.12. The Hall–Kier alpha value is -0.930. The monoisotopic (exact) mass is 278 g/mol. The number of hydrogen-bond donors (Lipinski definition) is 1. The first-order chi connectivity index (χ1) is 8.92. The molecule has 2 rings (SSSR count). The predicted molar refractivity (Wildman–Crippen MR) is 79.4 cm³/mol. The Labute approximate surface area is 118 Å². The molecule has 1 fully saturated rings. The second-order valence-corrected chi connectivity index (χ2v) is 7.41. The van der Waals surface area contributed by atoms with Gasteiger partial charge in [0.25, 0.3) is 0 Å². The van der Waals surface area contributed by atoms with Crippen molar-refractivity contribution in [2.24, 2.45) is 5.92 Å². The predicted octanol–water partition coefficient (Wildman–Crippen LogP) is 3.29. The van der Waals surface area contributed by atoms with Gasteiger partial charge in [0.05, 0.1) is 21.7 Å². The standard InChI is InChI=1S/C16H22O2S/c1-12(2)13-9-10-16(3,17)15(11-13)19(18)14-7-5-4-6-8-14/h4-8,13,15,17H,1,9-11H2,2-3H3.